The van der Waals surface area contributed by atoms with Crippen molar-refractivity contribution in [2.75, 3.05) is 13.6 Å². The fourth-order valence-corrected chi connectivity index (χ4v) is 4.04. The molecule has 3 rings (SSSR count). The van der Waals surface area contributed by atoms with Crippen LogP contribution in [0.5, 0.6) is 11.5 Å². The second-order valence-corrected chi connectivity index (χ2v) is 6.76. The molecule has 0 radical (unpaired) electrons. The molecule has 0 aromatic heterocycles. The van der Waals surface area contributed by atoms with Gasteiger partial charge in [0, 0.05) is 29.8 Å². The Hall–Kier alpha value is -1.26. The van der Waals surface area contributed by atoms with Crippen LogP contribution in [0.1, 0.15) is 44.2 Å². The molecule has 3 unspecified atom stereocenters. The van der Waals surface area contributed by atoms with E-state index in [4.69, 9.17) is 0 Å². The second kappa shape index (κ2) is 5.85. The molecular weight excluding hydrogens is 264 g/mol. The summed E-state index contributed by atoms with van der Waals surface area (Å²) in [6.45, 7) is 3.07. The van der Waals surface area contributed by atoms with Crippen molar-refractivity contribution in [1.82, 2.24) is 10.2 Å². The first-order chi connectivity index (χ1) is 10.0. The number of phenols is 2. The second-order valence-electron chi connectivity index (χ2n) is 6.76. The fourth-order valence-electron chi connectivity index (χ4n) is 4.04. The van der Waals surface area contributed by atoms with Crippen molar-refractivity contribution in [3.05, 3.63) is 23.8 Å². The number of hydrogen-bond donors (Lipinski definition) is 3. The Morgan fingerprint density at radius 1 is 1.24 bits per heavy atom. The standard InChI is InChI=1S/C17H26N2O2/c1-11(16-6-5-15(20)9-17(16)21)18-10-12-7-13-3-4-14(8-12)19(13)2/h5-6,9,11-14,18,20-21H,3-4,7-8,10H2,1-2H3. The largest absolute Gasteiger partial charge is 0.508 e. The van der Waals surface area contributed by atoms with Crippen molar-refractivity contribution in [2.45, 2.75) is 50.7 Å². The van der Waals surface area contributed by atoms with Gasteiger partial charge in [0.2, 0.25) is 0 Å². The molecule has 2 aliphatic rings. The maximum Gasteiger partial charge on any atom is 0.124 e. The lowest BCUT2D eigenvalue weighted by atomic mass is 9.90. The normalized spacial score (nSPS) is 30.5. The summed E-state index contributed by atoms with van der Waals surface area (Å²) in [6.07, 6.45) is 5.28. The highest BCUT2D eigenvalue weighted by atomic mass is 16.3. The minimum absolute atomic E-state index is 0.0999. The van der Waals surface area contributed by atoms with Crippen LogP contribution < -0.4 is 5.32 Å². The Balaban J connectivity index is 1.55. The summed E-state index contributed by atoms with van der Waals surface area (Å²) in [5, 5.41) is 22.8. The predicted octanol–water partition coefficient (Wildman–Crippen LogP) is 2.62. The highest BCUT2D eigenvalue weighted by Crippen LogP contribution is 2.37. The number of hydrogen-bond acceptors (Lipinski definition) is 4. The molecule has 21 heavy (non-hydrogen) atoms. The van der Waals surface area contributed by atoms with Gasteiger partial charge in [-0.2, -0.15) is 0 Å². The number of benzene rings is 1. The van der Waals surface area contributed by atoms with E-state index in [1.807, 2.05) is 0 Å². The molecule has 2 saturated heterocycles. The molecule has 4 heteroatoms. The Labute approximate surface area is 126 Å². The number of nitrogens with one attached hydrogen (secondary N) is 1. The number of fused-ring (bicyclic) bond motifs is 2. The third kappa shape index (κ3) is 3.01. The Kier molecular flexibility index (Phi) is 4.09. The molecule has 2 fully saturated rings. The van der Waals surface area contributed by atoms with E-state index in [2.05, 4.69) is 24.2 Å². The fraction of sp³-hybridized carbons (Fsp3) is 0.647. The van der Waals surface area contributed by atoms with Crippen molar-refractivity contribution in [3.63, 3.8) is 0 Å². The van der Waals surface area contributed by atoms with Crippen LogP contribution in [0.15, 0.2) is 18.2 Å². The first-order valence-electron chi connectivity index (χ1n) is 8.01. The summed E-state index contributed by atoms with van der Waals surface area (Å²) in [7, 11) is 2.27. The number of nitrogens with zero attached hydrogens (tertiary/aromatic N) is 1. The number of phenolic OH excluding ortho intramolecular Hbond substituents is 2. The number of piperidine rings is 1. The van der Waals surface area contributed by atoms with Crippen LogP contribution in [0.4, 0.5) is 0 Å². The first-order valence-corrected chi connectivity index (χ1v) is 8.01. The topological polar surface area (TPSA) is 55.7 Å². The van der Waals surface area contributed by atoms with Crippen molar-refractivity contribution in [2.24, 2.45) is 5.92 Å². The lowest BCUT2D eigenvalue weighted by molar-refractivity contribution is 0.131. The molecule has 4 nitrogen and oxygen atoms in total. The zero-order valence-corrected chi connectivity index (χ0v) is 12.9. The van der Waals surface area contributed by atoms with Gasteiger partial charge in [0.25, 0.3) is 0 Å². The molecule has 2 bridgehead atoms. The van der Waals surface area contributed by atoms with Crippen molar-refractivity contribution >= 4 is 0 Å². The number of rotatable bonds is 4. The Morgan fingerprint density at radius 3 is 2.52 bits per heavy atom. The van der Waals surface area contributed by atoms with E-state index in [0.29, 0.717) is 0 Å². The smallest absolute Gasteiger partial charge is 0.124 e. The molecule has 1 aromatic rings. The van der Waals surface area contributed by atoms with E-state index in [1.165, 1.54) is 31.7 Å². The third-order valence-electron chi connectivity index (χ3n) is 5.39. The van der Waals surface area contributed by atoms with E-state index in [0.717, 1.165) is 30.1 Å². The van der Waals surface area contributed by atoms with E-state index in [1.54, 1.807) is 12.1 Å². The van der Waals surface area contributed by atoms with Crippen LogP contribution in [-0.2, 0) is 0 Å². The summed E-state index contributed by atoms with van der Waals surface area (Å²) in [4.78, 5) is 2.56. The molecule has 1 aromatic carbocycles. The van der Waals surface area contributed by atoms with Crippen LogP contribution in [0.3, 0.4) is 0 Å². The van der Waals surface area contributed by atoms with Crippen molar-refractivity contribution < 1.29 is 10.2 Å². The summed E-state index contributed by atoms with van der Waals surface area (Å²) in [6, 6.07) is 6.47. The van der Waals surface area contributed by atoms with Crippen LogP contribution in [0, 0.1) is 5.92 Å². The summed E-state index contributed by atoms with van der Waals surface area (Å²) in [5.41, 5.74) is 0.851. The molecule has 2 heterocycles. The minimum atomic E-state index is 0.0999. The summed E-state index contributed by atoms with van der Waals surface area (Å²) in [5.74, 6) is 1.01. The lowest BCUT2D eigenvalue weighted by Gasteiger charge is -2.36. The maximum absolute atomic E-state index is 9.92. The van der Waals surface area contributed by atoms with Crippen molar-refractivity contribution in [1.29, 1.82) is 0 Å². The highest BCUT2D eigenvalue weighted by molar-refractivity contribution is 5.40. The van der Waals surface area contributed by atoms with Crippen LogP contribution in [0.25, 0.3) is 0 Å². The zero-order valence-electron chi connectivity index (χ0n) is 12.9. The van der Waals surface area contributed by atoms with Crippen LogP contribution in [0.2, 0.25) is 0 Å². The van der Waals surface area contributed by atoms with Gasteiger partial charge in [-0.15, -0.1) is 0 Å². The SMILES string of the molecule is CC(NCC1CC2CCC(C1)N2C)c1ccc(O)cc1O. The van der Waals surface area contributed by atoms with Gasteiger partial charge in [-0.3, -0.25) is 0 Å². The molecule has 116 valence electrons. The molecule has 3 atom stereocenters. The summed E-state index contributed by atoms with van der Waals surface area (Å²) < 4.78 is 0. The first kappa shape index (κ1) is 14.7. The van der Waals surface area contributed by atoms with E-state index in [9.17, 15) is 10.2 Å². The van der Waals surface area contributed by atoms with Gasteiger partial charge in [0.1, 0.15) is 11.5 Å². The number of aromatic hydroxyl groups is 2. The third-order valence-corrected chi connectivity index (χ3v) is 5.39. The quantitative estimate of drug-likeness (QED) is 0.798. The predicted molar refractivity (Wildman–Crippen MR) is 83.5 cm³/mol. The molecular formula is C17H26N2O2. The Morgan fingerprint density at radius 2 is 1.90 bits per heavy atom. The molecule has 0 saturated carbocycles. The average molecular weight is 290 g/mol. The molecule has 0 spiro atoms. The monoisotopic (exact) mass is 290 g/mol. The van der Waals surface area contributed by atoms with Gasteiger partial charge in [-0.05, 0) is 58.2 Å². The van der Waals surface area contributed by atoms with Crippen LogP contribution >= 0.6 is 0 Å². The van der Waals surface area contributed by atoms with Gasteiger partial charge in [0.15, 0.2) is 0 Å². The maximum atomic E-state index is 9.92. The zero-order chi connectivity index (χ0) is 15.0. The van der Waals surface area contributed by atoms with Gasteiger partial charge in [0.05, 0.1) is 0 Å². The highest BCUT2D eigenvalue weighted by Gasteiger charge is 2.38. The van der Waals surface area contributed by atoms with E-state index >= 15 is 0 Å². The molecule has 2 aliphatic heterocycles. The van der Waals surface area contributed by atoms with E-state index < -0.39 is 0 Å². The minimum Gasteiger partial charge on any atom is -0.508 e. The van der Waals surface area contributed by atoms with E-state index in [-0.39, 0.29) is 17.5 Å². The van der Waals surface area contributed by atoms with Gasteiger partial charge in [-0.1, -0.05) is 6.07 Å². The van der Waals surface area contributed by atoms with Gasteiger partial charge < -0.3 is 20.4 Å². The Bertz CT molecular complexity index is 492. The molecule has 3 N–H and O–H groups in total. The van der Waals surface area contributed by atoms with Crippen LogP contribution in [-0.4, -0.2) is 40.8 Å². The average Bonchev–Trinajstić information content (AvgIpc) is 2.67. The molecule has 0 aliphatic carbocycles. The summed E-state index contributed by atoms with van der Waals surface area (Å²) >= 11 is 0. The van der Waals surface area contributed by atoms with Gasteiger partial charge >= 0.3 is 0 Å². The van der Waals surface area contributed by atoms with Gasteiger partial charge in [-0.25, -0.2) is 0 Å². The lowest BCUT2D eigenvalue weighted by Crippen LogP contribution is -2.42. The van der Waals surface area contributed by atoms with Crippen molar-refractivity contribution in [3.8, 4) is 11.5 Å². The molecule has 0 amide bonds.